The molecular formula is C32H34Cl2O2Zr. The van der Waals surface area contributed by atoms with Crippen molar-refractivity contribution in [1.82, 2.24) is 0 Å². The van der Waals surface area contributed by atoms with Crippen LogP contribution in [-0.4, -0.2) is 14.2 Å². The molecule has 0 N–H and O–H groups in total. The summed E-state index contributed by atoms with van der Waals surface area (Å²) in [6.45, 7) is 0. The van der Waals surface area contributed by atoms with Gasteiger partial charge in [0, 0.05) is 0 Å². The number of ether oxygens (including phenoxy) is 2. The number of benzene rings is 2. The fourth-order valence-electron chi connectivity index (χ4n) is 6.90. The summed E-state index contributed by atoms with van der Waals surface area (Å²) >= 11 is -0.823. The second kappa shape index (κ2) is 12.5. The van der Waals surface area contributed by atoms with Crippen LogP contribution in [0.3, 0.4) is 0 Å². The van der Waals surface area contributed by atoms with E-state index in [2.05, 4.69) is 85.0 Å². The van der Waals surface area contributed by atoms with E-state index in [1.54, 1.807) is 25.4 Å². The fraction of sp³-hybridized carbons (Fsp3) is 0.375. The smallest absolute Gasteiger partial charge is 1.00 e. The third-order valence-electron chi connectivity index (χ3n) is 8.68. The zero-order valence-electron chi connectivity index (χ0n) is 21.4. The molecule has 4 aliphatic carbocycles. The summed E-state index contributed by atoms with van der Waals surface area (Å²) in [4.78, 5) is 0. The van der Waals surface area contributed by atoms with Crippen molar-refractivity contribution in [2.75, 3.05) is 14.2 Å². The van der Waals surface area contributed by atoms with Gasteiger partial charge in [0.1, 0.15) is 0 Å². The third kappa shape index (κ3) is 5.61. The molecule has 192 valence electrons. The molecule has 37 heavy (non-hydrogen) atoms. The molecule has 0 spiro atoms. The topological polar surface area (TPSA) is 18.5 Å². The van der Waals surface area contributed by atoms with Gasteiger partial charge in [-0.3, -0.25) is 0 Å². The van der Waals surface area contributed by atoms with Gasteiger partial charge < -0.3 is 24.8 Å². The average Bonchev–Trinajstić information content (AvgIpc) is 3.48. The molecule has 6 rings (SSSR count). The van der Waals surface area contributed by atoms with Gasteiger partial charge in [-0.1, -0.05) is 0 Å². The van der Waals surface area contributed by atoms with Crippen LogP contribution in [0.2, 0.25) is 7.25 Å². The number of hydrogen-bond acceptors (Lipinski definition) is 2. The molecular weight excluding hydrogens is 578 g/mol. The van der Waals surface area contributed by atoms with E-state index in [9.17, 15) is 0 Å². The summed E-state index contributed by atoms with van der Waals surface area (Å²) < 4.78 is 12.5. The predicted octanol–water partition coefficient (Wildman–Crippen LogP) is 2.05. The van der Waals surface area contributed by atoms with Gasteiger partial charge in [-0.05, 0) is 0 Å². The first kappa shape index (κ1) is 28.5. The Bertz CT molecular complexity index is 1090. The van der Waals surface area contributed by atoms with Gasteiger partial charge in [-0.2, -0.15) is 0 Å². The Morgan fingerprint density at radius 3 is 1.41 bits per heavy atom. The van der Waals surface area contributed by atoms with Crippen molar-refractivity contribution in [2.24, 2.45) is 11.8 Å². The number of halogens is 2. The monoisotopic (exact) mass is 610 g/mol. The maximum atomic E-state index is 5.47. The zero-order valence-corrected chi connectivity index (χ0v) is 25.4. The van der Waals surface area contributed by atoms with Crippen molar-refractivity contribution in [2.45, 2.75) is 44.8 Å². The van der Waals surface area contributed by atoms with Crippen molar-refractivity contribution in [3.05, 3.63) is 107 Å². The Morgan fingerprint density at radius 1 is 0.622 bits per heavy atom. The molecule has 2 aromatic carbocycles. The van der Waals surface area contributed by atoms with E-state index >= 15 is 0 Å². The molecule has 6 atom stereocenters. The van der Waals surface area contributed by atoms with Gasteiger partial charge in [0.05, 0.1) is 0 Å². The number of hydrogen-bond donors (Lipinski definition) is 0. The van der Waals surface area contributed by atoms with Crippen molar-refractivity contribution in [3.63, 3.8) is 0 Å². The molecule has 6 unspecified atom stereocenters. The molecule has 2 fully saturated rings. The van der Waals surface area contributed by atoms with E-state index in [0.29, 0.717) is 11.8 Å². The first-order valence-electron chi connectivity index (χ1n) is 13.0. The minimum absolute atomic E-state index is 0. The van der Waals surface area contributed by atoms with Gasteiger partial charge in [0.25, 0.3) is 0 Å². The first-order valence-corrected chi connectivity index (χ1v) is 15.9. The molecule has 0 bridgehead atoms. The summed E-state index contributed by atoms with van der Waals surface area (Å²) in [6.07, 6.45) is 19.4. The number of allylic oxidation sites excluding steroid dienone is 8. The molecule has 0 aromatic heterocycles. The second-order valence-corrected chi connectivity index (χ2v) is 14.3. The van der Waals surface area contributed by atoms with Crippen molar-refractivity contribution in [3.8, 4) is 11.5 Å². The van der Waals surface area contributed by atoms with Crippen LogP contribution in [0.5, 0.6) is 11.5 Å². The van der Waals surface area contributed by atoms with E-state index in [4.69, 9.17) is 9.47 Å². The SMILES string of the molecule is COc1ccc(C2CC3CC=CC=C3[CH]2[Zr+2][CH]2C3=CC=CCC3CC2c2ccc(OC)cc2)cc1.[Cl-].[Cl-]. The zero-order chi connectivity index (χ0) is 23.8. The summed E-state index contributed by atoms with van der Waals surface area (Å²) in [6, 6.07) is 18.0. The summed E-state index contributed by atoms with van der Waals surface area (Å²) in [5, 5.41) is 0. The van der Waals surface area contributed by atoms with E-state index in [1.807, 2.05) is 0 Å². The fourth-order valence-corrected chi connectivity index (χ4v) is 13.2. The molecule has 2 nitrogen and oxygen atoms in total. The van der Waals surface area contributed by atoms with Gasteiger partial charge in [-0.25, -0.2) is 0 Å². The average molecular weight is 613 g/mol. The van der Waals surface area contributed by atoms with E-state index < -0.39 is 23.2 Å². The number of methoxy groups -OCH3 is 2. The van der Waals surface area contributed by atoms with Gasteiger partial charge >= 0.3 is 222 Å². The minimum Gasteiger partial charge on any atom is -1.00 e. The van der Waals surface area contributed by atoms with Crippen LogP contribution in [0.4, 0.5) is 0 Å². The molecule has 2 aromatic rings. The molecule has 0 heterocycles. The maximum absolute atomic E-state index is 5.47. The molecule has 0 aliphatic heterocycles. The van der Waals surface area contributed by atoms with Crippen LogP contribution in [0.15, 0.2) is 96.1 Å². The second-order valence-electron chi connectivity index (χ2n) is 10.4. The van der Waals surface area contributed by atoms with Crippen LogP contribution in [0, 0.1) is 11.8 Å². The van der Waals surface area contributed by atoms with Gasteiger partial charge in [0.15, 0.2) is 0 Å². The van der Waals surface area contributed by atoms with Crippen LogP contribution < -0.4 is 34.3 Å². The Kier molecular flexibility index (Phi) is 9.65. The summed E-state index contributed by atoms with van der Waals surface area (Å²) in [5.41, 5.74) is 6.56. The predicted molar refractivity (Wildman–Crippen MR) is 139 cm³/mol. The standard InChI is InChI=1S/2C16H17O.2ClH.Zr/c2*1-17-16-8-6-12(7-9-16)15-10-13-4-2-3-5-14(13)11-15;;;/h2*2-4,6-10,14-15H,5,11H2,1H3;2*1H;/q;;;;+2/p-2. The Balaban J connectivity index is 0.00000160. The Labute approximate surface area is 245 Å². The molecule has 0 saturated heterocycles. The molecule has 0 amide bonds. The molecule has 4 aliphatic rings. The normalized spacial score (nSPS) is 29.0. The van der Waals surface area contributed by atoms with Gasteiger partial charge in [-0.15, -0.1) is 0 Å². The van der Waals surface area contributed by atoms with Gasteiger partial charge in [0.2, 0.25) is 0 Å². The molecule has 2 saturated carbocycles. The van der Waals surface area contributed by atoms with Crippen molar-refractivity contribution >= 4 is 0 Å². The quantitative estimate of drug-likeness (QED) is 0.498. The summed E-state index contributed by atoms with van der Waals surface area (Å²) in [5.74, 6) is 4.68. The van der Waals surface area contributed by atoms with Crippen LogP contribution in [0.25, 0.3) is 0 Å². The largest absolute Gasteiger partial charge is 1.00 e. The van der Waals surface area contributed by atoms with Crippen LogP contribution in [-0.2, 0) is 23.2 Å². The Hall–Kier alpha value is -1.54. The minimum atomic E-state index is -0.823. The molecule has 5 heteroatoms. The third-order valence-corrected chi connectivity index (χ3v) is 14.1. The number of fused-ring (bicyclic) bond motifs is 2. The Morgan fingerprint density at radius 2 is 1.03 bits per heavy atom. The first-order chi connectivity index (χ1) is 17.2. The van der Waals surface area contributed by atoms with E-state index in [-0.39, 0.29) is 24.8 Å². The number of rotatable bonds is 6. The van der Waals surface area contributed by atoms with E-state index in [0.717, 1.165) is 30.6 Å². The van der Waals surface area contributed by atoms with Crippen LogP contribution >= 0.6 is 0 Å². The summed E-state index contributed by atoms with van der Waals surface area (Å²) in [7, 11) is 3.52. The van der Waals surface area contributed by atoms with Crippen molar-refractivity contribution in [1.29, 1.82) is 0 Å². The maximum Gasteiger partial charge on any atom is -1.00 e. The van der Waals surface area contributed by atoms with E-state index in [1.165, 1.54) is 36.8 Å². The van der Waals surface area contributed by atoms with Crippen molar-refractivity contribution < 1.29 is 57.5 Å². The van der Waals surface area contributed by atoms with Crippen LogP contribution in [0.1, 0.15) is 48.6 Å². The molecule has 0 radical (unpaired) electrons.